The molecule has 0 unspecified atom stereocenters. The zero-order chi connectivity index (χ0) is 14.6. The van der Waals surface area contributed by atoms with E-state index in [1.54, 1.807) is 7.05 Å². The van der Waals surface area contributed by atoms with Crippen LogP contribution in [0.4, 0.5) is 0 Å². The lowest BCUT2D eigenvalue weighted by Gasteiger charge is -2.12. The van der Waals surface area contributed by atoms with E-state index in [0.717, 1.165) is 6.54 Å². The summed E-state index contributed by atoms with van der Waals surface area (Å²) in [7, 11) is -2.06. The molecule has 108 valence electrons. The molecule has 0 bridgehead atoms. The van der Waals surface area contributed by atoms with Crippen molar-refractivity contribution in [2.24, 2.45) is 12.8 Å². The molecule has 0 saturated carbocycles. The number of aromatic nitrogens is 1. The zero-order valence-electron chi connectivity index (χ0n) is 11.3. The lowest BCUT2D eigenvalue weighted by atomic mass is 10.3. The molecule has 0 fully saturated rings. The number of nitrogens with zero attached hydrogens (tertiary/aromatic N) is 1. The monoisotopic (exact) mass is 288 g/mol. The molecule has 1 aromatic heterocycles. The first-order valence-electron chi connectivity index (χ1n) is 5.97. The van der Waals surface area contributed by atoms with Crippen molar-refractivity contribution in [2.45, 2.75) is 24.8 Å². The van der Waals surface area contributed by atoms with Crippen molar-refractivity contribution in [3.8, 4) is 0 Å². The van der Waals surface area contributed by atoms with Crippen molar-refractivity contribution >= 4 is 15.9 Å². The largest absolute Gasteiger partial charge is 0.364 e. The molecule has 1 atom stereocenters. The number of hydrogen-bond donors (Lipinski definition) is 3. The number of hydrogen-bond acceptors (Lipinski definition) is 4. The van der Waals surface area contributed by atoms with E-state index in [4.69, 9.17) is 5.73 Å². The maximum atomic E-state index is 12.0. The maximum absolute atomic E-state index is 12.0. The number of nitrogens with two attached hydrogens (primary N) is 1. The van der Waals surface area contributed by atoms with Crippen LogP contribution >= 0.6 is 0 Å². The van der Waals surface area contributed by atoms with Crippen LogP contribution in [0.3, 0.4) is 0 Å². The quantitative estimate of drug-likeness (QED) is 0.623. The second-order valence-electron chi connectivity index (χ2n) is 4.35. The molecule has 1 rings (SSSR count). The Hall–Kier alpha value is -1.38. The fourth-order valence-electron chi connectivity index (χ4n) is 1.66. The summed E-state index contributed by atoms with van der Waals surface area (Å²) >= 11 is 0. The molecule has 0 aliphatic heterocycles. The van der Waals surface area contributed by atoms with Crippen molar-refractivity contribution in [3.63, 3.8) is 0 Å². The van der Waals surface area contributed by atoms with E-state index in [2.05, 4.69) is 10.0 Å². The van der Waals surface area contributed by atoms with E-state index in [1.165, 1.54) is 16.8 Å². The van der Waals surface area contributed by atoms with Gasteiger partial charge in [-0.1, -0.05) is 6.92 Å². The highest BCUT2D eigenvalue weighted by Gasteiger charge is 2.19. The number of carbonyl (C=O) groups excluding carboxylic acids is 1. The third-order valence-corrected chi connectivity index (χ3v) is 4.07. The fourth-order valence-corrected chi connectivity index (χ4v) is 2.86. The van der Waals surface area contributed by atoms with E-state index in [1.807, 2.05) is 13.8 Å². The zero-order valence-corrected chi connectivity index (χ0v) is 12.1. The third kappa shape index (κ3) is 4.05. The highest BCUT2D eigenvalue weighted by molar-refractivity contribution is 7.89. The van der Waals surface area contributed by atoms with E-state index in [0.29, 0.717) is 0 Å². The first kappa shape index (κ1) is 15.7. The van der Waals surface area contributed by atoms with Gasteiger partial charge >= 0.3 is 0 Å². The van der Waals surface area contributed by atoms with Crippen molar-refractivity contribution in [1.29, 1.82) is 0 Å². The predicted octanol–water partition coefficient (Wildman–Crippen LogP) is -0.600. The van der Waals surface area contributed by atoms with Gasteiger partial charge in [0.25, 0.3) is 5.91 Å². The standard InChI is InChI=1S/C11H20N4O3S/c1-4-13-8(2)6-14-19(17,18)9-5-10(11(12)16)15(3)7-9/h5,7-8,13-14H,4,6H2,1-3H3,(H2,12,16)/t8-/m1/s1. The maximum Gasteiger partial charge on any atom is 0.265 e. The highest BCUT2D eigenvalue weighted by atomic mass is 32.2. The van der Waals surface area contributed by atoms with Gasteiger partial charge in [0.1, 0.15) is 10.6 Å². The molecule has 19 heavy (non-hydrogen) atoms. The Bertz CT molecular complexity index is 550. The molecule has 0 aliphatic carbocycles. The third-order valence-electron chi connectivity index (χ3n) is 2.67. The molecule has 7 nitrogen and oxygen atoms in total. The van der Waals surface area contributed by atoms with Crippen molar-refractivity contribution in [2.75, 3.05) is 13.1 Å². The SMILES string of the molecule is CCN[C@H](C)CNS(=O)(=O)c1cc(C(N)=O)n(C)c1. The Morgan fingerprint density at radius 2 is 2.16 bits per heavy atom. The van der Waals surface area contributed by atoms with Gasteiger partial charge in [-0.2, -0.15) is 0 Å². The minimum Gasteiger partial charge on any atom is -0.364 e. The summed E-state index contributed by atoms with van der Waals surface area (Å²) in [4.78, 5) is 11.1. The van der Waals surface area contributed by atoms with Crippen molar-refractivity contribution < 1.29 is 13.2 Å². The summed E-state index contributed by atoms with van der Waals surface area (Å²) in [6.07, 6.45) is 1.36. The van der Waals surface area contributed by atoms with Crippen LogP contribution in [0.5, 0.6) is 0 Å². The Labute approximate surface area is 113 Å². The Morgan fingerprint density at radius 3 is 2.63 bits per heavy atom. The molecule has 0 radical (unpaired) electrons. The van der Waals surface area contributed by atoms with Crippen LogP contribution in [-0.2, 0) is 17.1 Å². The smallest absolute Gasteiger partial charge is 0.265 e. The van der Waals surface area contributed by atoms with Gasteiger partial charge in [-0.05, 0) is 19.5 Å². The number of rotatable bonds is 7. The molecule has 0 spiro atoms. The van der Waals surface area contributed by atoms with E-state index < -0.39 is 15.9 Å². The molecule has 0 saturated heterocycles. The van der Waals surface area contributed by atoms with Gasteiger partial charge < -0.3 is 15.6 Å². The topological polar surface area (TPSA) is 106 Å². The van der Waals surface area contributed by atoms with Crippen LogP contribution in [0.1, 0.15) is 24.3 Å². The average molecular weight is 288 g/mol. The molecule has 1 heterocycles. The number of nitrogens with one attached hydrogen (secondary N) is 2. The first-order valence-corrected chi connectivity index (χ1v) is 7.45. The molecule has 1 amide bonds. The summed E-state index contributed by atoms with van der Waals surface area (Å²) in [5.74, 6) is -0.662. The molecule has 8 heteroatoms. The molecule has 0 aromatic carbocycles. The number of aryl methyl sites for hydroxylation is 1. The molecular weight excluding hydrogens is 268 g/mol. The highest BCUT2D eigenvalue weighted by Crippen LogP contribution is 2.12. The summed E-state index contributed by atoms with van der Waals surface area (Å²) in [5.41, 5.74) is 5.30. The van der Waals surface area contributed by atoms with Gasteiger partial charge in [0.2, 0.25) is 10.0 Å². The minimum atomic E-state index is -3.63. The lowest BCUT2D eigenvalue weighted by Crippen LogP contribution is -2.38. The van der Waals surface area contributed by atoms with Gasteiger partial charge in [0.15, 0.2) is 0 Å². The Morgan fingerprint density at radius 1 is 1.53 bits per heavy atom. The lowest BCUT2D eigenvalue weighted by molar-refractivity contribution is 0.0992. The number of carbonyl (C=O) groups is 1. The summed E-state index contributed by atoms with van der Waals surface area (Å²) in [6, 6.07) is 1.29. The Balaban J connectivity index is 2.83. The second-order valence-corrected chi connectivity index (χ2v) is 6.11. The number of primary amides is 1. The van der Waals surface area contributed by atoms with Crippen LogP contribution < -0.4 is 15.8 Å². The van der Waals surface area contributed by atoms with Gasteiger partial charge in [-0.15, -0.1) is 0 Å². The number of sulfonamides is 1. The van der Waals surface area contributed by atoms with Crippen LogP contribution in [0.25, 0.3) is 0 Å². The van der Waals surface area contributed by atoms with Crippen LogP contribution in [0.2, 0.25) is 0 Å². The van der Waals surface area contributed by atoms with Crippen molar-refractivity contribution in [1.82, 2.24) is 14.6 Å². The summed E-state index contributed by atoms with van der Waals surface area (Å²) in [6.45, 7) is 4.87. The summed E-state index contributed by atoms with van der Waals surface area (Å²) in [5, 5.41) is 3.10. The molecule has 4 N–H and O–H groups in total. The van der Waals surface area contributed by atoms with Gasteiger partial charge in [0, 0.05) is 25.8 Å². The average Bonchev–Trinajstić information content (AvgIpc) is 2.70. The summed E-state index contributed by atoms with van der Waals surface area (Å²) < 4.78 is 27.9. The van der Waals surface area contributed by atoms with Crippen LogP contribution in [0.15, 0.2) is 17.2 Å². The second kappa shape index (κ2) is 6.18. The van der Waals surface area contributed by atoms with Gasteiger partial charge in [0.05, 0.1) is 0 Å². The minimum absolute atomic E-state index is 0.0269. The molecular formula is C11H20N4O3S. The molecule has 0 aliphatic rings. The molecule has 1 aromatic rings. The predicted molar refractivity (Wildman–Crippen MR) is 72.3 cm³/mol. The van der Waals surface area contributed by atoms with Crippen LogP contribution in [-0.4, -0.2) is 38.0 Å². The Kier molecular flexibility index (Phi) is 5.10. The van der Waals surface area contributed by atoms with E-state index >= 15 is 0 Å². The number of amides is 1. The van der Waals surface area contributed by atoms with E-state index in [-0.39, 0.29) is 23.2 Å². The van der Waals surface area contributed by atoms with E-state index in [9.17, 15) is 13.2 Å². The first-order chi connectivity index (χ1) is 8.77. The van der Waals surface area contributed by atoms with Gasteiger partial charge in [-0.25, -0.2) is 13.1 Å². The number of likely N-dealkylation sites (N-methyl/N-ethyl adjacent to an activating group) is 1. The van der Waals surface area contributed by atoms with Crippen LogP contribution in [0, 0.1) is 0 Å². The van der Waals surface area contributed by atoms with Gasteiger partial charge in [-0.3, -0.25) is 4.79 Å². The fraction of sp³-hybridized carbons (Fsp3) is 0.545. The van der Waals surface area contributed by atoms with Crippen molar-refractivity contribution in [3.05, 3.63) is 18.0 Å². The normalized spacial score (nSPS) is 13.4.